The van der Waals surface area contributed by atoms with Crippen molar-refractivity contribution in [2.75, 3.05) is 30.3 Å². The number of piperidine rings is 1. The number of amides is 1. The van der Waals surface area contributed by atoms with E-state index >= 15 is 0 Å². The highest BCUT2D eigenvalue weighted by Gasteiger charge is 2.24. The van der Waals surface area contributed by atoms with Crippen LogP contribution in [-0.2, 0) is 4.79 Å². The Balaban J connectivity index is 1.44. The first-order valence-electron chi connectivity index (χ1n) is 11.1. The fourth-order valence-corrected chi connectivity index (χ4v) is 3.96. The van der Waals surface area contributed by atoms with Gasteiger partial charge in [-0.1, -0.05) is 36.9 Å². The Labute approximate surface area is 198 Å². The molecule has 1 amide bonds. The van der Waals surface area contributed by atoms with Crippen molar-refractivity contribution in [2.24, 2.45) is 5.92 Å². The Bertz CT molecular complexity index is 1200. The molecule has 34 heavy (non-hydrogen) atoms. The molecule has 0 radical (unpaired) electrons. The highest BCUT2D eigenvalue weighted by atomic mass is 16.5. The van der Waals surface area contributed by atoms with Crippen LogP contribution in [0.2, 0.25) is 0 Å². The number of nitrogens with two attached hydrogens (primary N) is 1. The molecular weight excluding hydrogens is 428 g/mol. The number of para-hydroxylation sites is 1. The highest BCUT2D eigenvalue weighted by Crippen LogP contribution is 2.36. The number of ether oxygens (including phenoxy) is 1. The summed E-state index contributed by atoms with van der Waals surface area (Å²) < 4.78 is 5.89. The average Bonchev–Trinajstić information content (AvgIpc) is 2.88. The van der Waals surface area contributed by atoms with E-state index in [2.05, 4.69) is 26.8 Å². The van der Waals surface area contributed by atoms with Crippen LogP contribution >= 0.6 is 0 Å². The standard InChI is InChI=1S/C26H26N6O2/c1-18(15-27)26(33)29-16-19-11-13-32(14-12-19)25-23(24(28)30-17-31-25)20-7-9-22(10-8-20)34-21-5-3-2-4-6-21/h2-10,17,19H,1,11-14,16H2,(H,29,33)(H2,28,30,31). The zero-order chi connectivity index (χ0) is 23.9. The molecule has 8 heteroatoms. The van der Waals surface area contributed by atoms with Crippen molar-refractivity contribution in [3.63, 3.8) is 0 Å². The first-order chi connectivity index (χ1) is 16.5. The van der Waals surface area contributed by atoms with Gasteiger partial charge in [0.2, 0.25) is 0 Å². The molecule has 8 nitrogen and oxygen atoms in total. The van der Waals surface area contributed by atoms with Crippen LogP contribution in [0.3, 0.4) is 0 Å². The smallest absolute Gasteiger partial charge is 0.261 e. The molecule has 1 aliphatic rings. The van der Waals surface area contributed by atoms with Crippen LogP contribution in [-0.4, -0.2) is 35.5 Å². The van der Waals surface area contributed by atoms with Gasteiger partial charge in [-0.15, -0.1) is 0 Å². The summed E-state index contributed by atoms with van der Waals surface area (Å²) in [4.78, 5) is 22.8. The first-order valence-corrected chi connectivity index (χ1v) is 11.1. The summed E-state index contributed by atoms with van der Waals surface area (Å²) in [6, 6.07) is 19.1. The van der Waals surface area contributed by atoms with Crippen molar-refractivity contribution in [3.8, 4) is 28.7 Å². The molecule has 2 heterocycles. The van der Waals surface area contributed by atoms with E-state index in [-0.39, 0.29) is 5.57 Å². The van der Waals surface area contributed by atoms with Gasteiger partial charge in [0, 0.05) is 19.6 Å². The molecule has 0 spiro atoms. The summed E-state index contributed by atoms with van der Waals surface area (Å²) in [5, 5.41) is 11.6. The maximum Gasteiger partial charge on any atom is 0.261 e. The monoisotopic (exact) mass is 454 g/mol. The molecule has 3 aromatic rings. The Morgan fingerprint density at radius 2 is 1.79 bits per heavy atom. The summed E-state index contributed by atoms with van der Waals surface area (Å²) in [5.41, 5.74) is 7.92. The Kier molecular flexibility index (Phi) is 7.04. The minimum atomic E-state index is -0.407. The SMILES string of the molecule is C=C(C#N)C(=O)NCC1CCN(c2ncnc(N)c2-c2ccc(Oc3ccccc3)cc2)CC1. The normalized spacial score (nSPS) is 13.7. The van der Waals surface area contributed by atoms with Gasteiger partial charge < -0.3 is 20.7 Å². The van der Waals surface area contributed by atoms with Crippen LogP contribution in [0.5, 0.6) is 11.5 Å². The molecule has 172 valence electrons. The average molecular weight is 455 g/mol. The molecule has 0 unspecified atom stereocenters. The molecule has 0 atom stereocenters. The number of hydrogen-bond donors (Lipinski definition) is 2. The minimum absolute atomic E-state index is 0.0706. The van der Waals surface area contributed by atoms with Gasteiger partial charge in [-0.2, -0.15) is 5.26 Å². The van der Waals surface area contributed by atoms with Gasteiger partial charge in [0.05, 0.1) is 5.56 Å². The molecular formula is C26H26N6O2. The third-order valence-electron chi connectivity index (χ3n) is 5.85. The molecule has 0 saturated carbocycles. The molecule has 1 fully saturated rings. The van der Waals surface area contributed by atoms with Gasteiger partial charge >= 0.3 is 0 Å². The van der Waals surface area contributed by atoms with E-state index in [9.17, 15) is 4.79 Å². The lowest BCUT2D eigenvalue weighted by Gasteiger charge is -2.34. The summed E-state index contributed by atoms with van der Waals surface area (Å²) in [6.07, 6.45) is 3.25. The number of rotatable bonds is 7. The van der Waals surface area contributed by atoms with Crippen molar-refractivity contribution in [3.05, 3.63) is 73.1 Å². The van der Waals surface area contributed by atoms with E-state index in [0.717, 1.165) is 54.4 Å². The lowest BCUT2D eigenvalue weighted by molar-refractivity contribution is -0.117. The number of aromatic nitrogens is 2. The van der Waals surface area contributed by atoms with Crippen molar-refractivity contribution in [1.82, 2.24) is 15.3 Å². The van der Waals surface area contributed by atoms with Crippen LogP contribution in [0.25, 0.3) is 11.1 Å². The van der Waals surface area contributed by atoms with E-state index in [1.165, 1.54) is 6.33 Å². The number of carbonyl (C=O) groups is 1. The number of carbonyl (C=O) groups excluding carboxylic acids is 1. The fraction of sp³-hybridized carbons (Fsp3) is 0.231. The van der Waals surface area contributed by atoms with Gasteiger partial charge in [0.1, 0.15) is 41.1 Å². The zero-order valence-corrected chi connectivity index (χ0v) is 18.8. The van der Waals surface area contributed by atoms with Gasteiger partial charge in [-0.3, -0.25) is 4.79 Å². The van der Waals surface area contributed by atoms with Crippen molar-refractivity contribution < 1.29 is 9.53 Å². The molecule has 3 N–H and O–H groups in total. The van der Waals surface area contributed by atoms with E-state index in [1.807, 2.05) is 54.6 Å². The second-order valence-corrected chi connectivity index (χ2v) is 8.13. The van der Waals surface area contributed by atoms with E-state index in [1.54, 1.807) is 6.07 Å². The molecule has 2 aromatic carbocycles. The third kappa shape index (κ3) is 5.33. The number of nitrogens with zero attached hydrogens (tertiary/aromatic N) is 4. The molecule has 4 rings (SSSR count). The van der Waals surface area contributed by atoms with Crippen LogP contribution < -0.4 is 20.7 Å². The summed E-state index contributed by atoms with van der Waals surface area (Å²) in [6.45, 7) is 5.52. The predicted octanol–water partition coefficient (Wildman–Crippen LogP) is 3.93. The van der Waals surface area contributed by atoms with Gasteiger partial charge in [0.25, 0.3) is 5.91 Å². The maximum atomic E-state index is 11.8. The van der Waals surface area contributed by atoms with Crippen molar-refractivity contribution >= 4 is 17.5 Å². The summed E-state index contributed by atoms with van der Waals surface area (Å²) >= 11 is 0. The Morgan fingerprint density at radius 3 is 2.47 bits per heavy atom. The summed E-state index contributed by atoms with van der Waals surface area (Å²) in [5.74, 6) is 2.64. The fourth-order valence-electron chi connectivity index (χ4n) is 3.96. The quantitative estimate of drug-likeness (QED) is 0.410. The molecule has 1 aliphatic heterocycles. The van der Waals surface area contributed by atoms with E-state index in [0.29, 0.717) is 18.3 Å². The van der Waals surface area contributed by atoms with Crippen molar-refractivity contribution in [2.45, 2.75) is 12.8 Å². The number of hydrogen-bond acceptors (Lipinski definition) is 7. The topological polar surface area (TPSA) is 117 Å². The van der Waals surface area contributed by atoms with Crippen LogP contribution in [0, 0.1) is 17.2 Å². The number of nitrogen functional groups attached to an aromatic ring is 1. The number of anilines is 2. The molecule has 0 bridgehead atoms. The second kappa shape index (κ2) is 10.5. The number of nitriles is 1. The third-order valence-corrected chi connectivity index (χ3v) is 5.85. The van der Waals surface area contributed by atoms with Crippen LogP contribution in [0.15, 0.2) is 73.1 Å². The Hall–Kier alpha value is -4.38. The van der Waals surface area contributed by atoms with Crippen LogP contribution in [0.4, 0.5) is 11.6 Å². The Morgan fingerprint density at radius 1 is 1.12 bits per heavy atom. The molecule has 1 saturated heterocycles. The lowest BCUT2D eigenvalue weighted by Crippen LogP contribution is -2.39. The number of benzene rings is 2. The van der Waals surface area contributed by atoms with Crippen molar-refractivity contribution in [1.29, 1.82) is 5.26 Å². The molecule has 0 aliphatic carbocycles. The predicted molar refractivity (Wildman–Crippen MR) is 131 cm³/mol. The minimum Gasteiger partial charge on any atom is -0.457 e. The largest absolute Gasteiger partial charge is 0.457 e. The van der Waals surface area contributed by atoms with Gasteiger partial charge in [-0.25, -0.2) is 9.97 Å². The maximum absolute atomic E-state index is 11.8. The second-order valence-electron chi connectivity index (χ2n) is 8.13. The van der Waals surface area contributed by atoms with Gasteiger partial charge in [0.15, 0.2) is 0 Å². The zero-order valence-electron chi connectivity index (χ0n) is 18.8. The van der Waals surface area contributed by atoms with Gasteiger partial charge in [-0.05, 0) is 48.6 Å². The lowest BCUT2D eigenvalue weighted by atomic mass is 9.96. The first kappa shape index (κ1) is 22.8. The number of nitrogens with one attached hydrogen (secondary N) is 1. The summed E-state index contributed by atoms with van der Waals surface area (Å²) in [7, 11) is 0. The van der Waals surface area contributed by atoms with E-state index in [4.69, 9.17) is 15.7 Å². The molecule has 1 aromatic heterocycles. The van der Waals surface area contributed by atoms with E-state index < -0.39 is 5.91 Å². The van der Waals surface area contributed by atoms with Crippen LogP contribution in [0.1, 0.15) is 12.8 Å². The highest BCUT2D eigenvalue weighted by molar-refractivity contribution is 5.96.